The van der Waals surface area contributed by atoms with Gasteiger partial charge in [-0.05, 0) is 122 Å². The molecule has 0 saturated carbocycles. The molecule has 0 bridgehead atoms. The second-order valence-corrected chi connectivity index (χ2v) is 15.1. The van der Waals surface area contributed by atoms with Crippen LogP contribution in [0, 0.1) is 13.8 Å². The van der Waals surface area contributed by atoms with E-state index in [2.05, 4.69) is 51.7 Å². The normalized spacial score (nSPS) is 19.0. The zero-order valence-corrected chi connectivity index (χ0v) is 33.2. The van der Waals surface area contributed by atoms with Crippen LogP contribution >= 0.6 is 15.9 Å². The van der Waals surface area contributed by atoms with Gasteiger partial charge in [0.25, 0.3) is 0 Å². The Morgan fingerprint density at radius 2 is 1.14 bits per heavy atom. The maximum absolute atomic E-state index is 12.6. The second kappa shape index (κ2) is 17.3. The minimum atomic E-state index is -0.531. The second-order valence-electron chi connectivity index (χ2n) is 14.1. The Hall–Kier alpha value is -2.64. The SMILES string of the molecule is CCN(c1cc(B2OC(C)(C)C(C)(C)O2)cc(C(=O)OC)c1C)C1CCOCC1.CCN(c1cc(Br)cc(C(=O)OC)c1C)C1CCOCC1. The number of rotatable bonds is 9. The van der Waals surface area contributed by atoms with E-state index in [1.54, 1.807) is 0 Å². The third kappa shape index (κ3) is 8.86. The fourth-order valence-corrected chi connectivity index (χ4v) is 7.43. The first-order valence-corrected chi connectivity index (χ1v) is 18.6. The lowest BCUT2D eigenvalue weighted by Crippen LogP contribution is -2.42. The highest BCUT2D eigenvalue weighted by atomic mass is 79.9. The fraction of sp³-hybridized carbons (Fsp3) is 0.632. The van der Waals surface area contributed by atoms with Gasteiger partial charge in [-0.25, -0.2) is 9.59 Å². The number of carbonyl (C=O) groups excluding carboxylic acids is 2. The molecule has 0 amide bonds. The van der Waals surface area contributed by atoms with Gasteiger partial charge < -0.3 is 38.1 Å². The first-order valence-electron chi connectivity index (χ1n) is 17.8. The van der Waals surface area contributed by atoms with Gasteiger partial charge >= 0.3 is 19.1 Å². The first kappa shape index (κ1) is 40.1. The maximum Gasteiger partial charge on any atom is 0.494 e. The maximum atomic E-state index is 12.6. The van der Waals surface area contributed by atoms with Crippen LogP contribution in [0.1, 0.15) is 99.1 Å². The number of anilines is 2. The number of benzene rings is 2. The Balaban J connectivity index is 0.000000237. The van der Waals surface area contributed by atoms with Crippen molar-refractivity contribution in [1.29, 1.82) is 0 Å². The summed E-state index contributed by atoms with van der Waals surface area (Å²) in [6.07, 6.45) is 3.99. The Kier molecular flexibility index (Phi) is 13.9. The van der Waals surface area contributed by atoms with E-state index in [-0.39, 0.29) is 11.9 Å². The van der Waals surface area contributed by atoms with Crippen molar-refractivity contribution in [3.63, 3.8) is 0 Å². The molecular weight excluding hydrogens is 703 g/mol. The van der Waals surface area contributed by atoms with Crippen LogP contribution < -0.4 is 15.3 Å². The van der Waals surface area contributed by atoms with E-state index in [1.807, 2.05) is 53.7 Å². The third-order valence-electron chi connectivity index (χ3n) is 10.6. The summed E-state index contributed by atoms with van der Waals surface area (Å²) in [6, 6.07) is 8.71. The van der Waals surface area contributed by atoms with Crippen LogP contribution in [0.25, 0.3) is 0 Å². The van der Waals surface area contributed by atoms with Crippen molar-refractivity contribution in [2.45, 2.75) is 104 Å². The van der Waals surface area contributed by atoms with Gasteiger partial charge in [0.1, 0.15) is 0 Å². The minimum Gasteiger partial charge on any atom is -0.465 e. The van der Waals surface area contributed by atoms with E-state index in [0.717, 1.165) is 97.6 Å². The van der Waals surface area contributed by atoms with Gasteiger partial charge in [-0.15, -0.1) is 0 Å². The minimum absolute atomic E-state index is 0.293. The molecule has 2 aromatic rings. The lowest BCUT2D eigenvalue weighted by molar-refractivity contribution is 0.00578. The van der Waals surface area contributed by atoms with E-state index >= 15 is 0 Å². The smallest absolute Gasteiger partial charge is 0.465 e. The van der Waals surface area contributed by atoms with Gasteiger partial charge in [-0.2, -0.15) is 0 Å². The average Bonchev–Trinajstić information content (AvgIpc) is 3.33. The highest BCUT2D eigenvalue weighted by Crippen LogP contribution is 2.38. The molecular formula is C38H56BBrN2O8. The molecule has 0 N–H and O–H groups in total. The summed E-state index contributed by atoms with van der Waals surface area (Å²) in [5.74, 6) is -0.636. The molecule has 0 aromatic heterocycles. The van der Waals surface area contributed by atoms with Crippen molar-refractivity contribution >= 4 is 51.8 Å². The molecule has 10 nitrogen and oxygen atoms in total. The molecule has 0 spiro atoms. The van der Waals surface area contributed by atoms with Crippen LogP contribution in [-0.2, 0) is 28.3 Å². The van der Waals surface area contributed by atoms with E-state index in [9.17, 15) is 9.59 Å². The Morgan fingerprint density at radius 1 is 0.740 bits per heavy atom. The predicted molar refractivity (Wildman–Crippen MR) is 202 cm³/mol. The number of nitrogens with zero attached hydrogens (tertiary/aromatic N) is 2. The number of esters is 2. The van der Waals surface area contributed by atoms with E-state index < -0.39 is 18.3 Å². The molecule has 0 radical (unpaired) electrons. The molecule has 50 heavy (non-hydrogen) atoms. The largest absolute Gasteiger partial charge is 0.494 e. The Labute approximate surface area is 307 Å². The van der Waals surface area contributed by atoms with E-state index in [4.69, 9.17) is 28.3 Å². The molecule has 3 aliphatic heterocycles. The quantitative estimate of drug-likeness (QED) is 0.205. The van der Waals surface area contributed by atoms with Crippen LogP contribution in [0.2, 0.25) is 0 Å². The van der Waals surface area contributed by atoms with Gasteiger partial charge in [-0.1, -0.05) is 15.9 Å². The molecule has 276 valence electrons. The van der Waals surface area contributed by atoms with Crippen LogP contribution in [0.3, 0.4) is 0 Å². The molecule has 0 aliphatic carbocycles. The lowest BCUT2D eigenvalue weighted by atomic mass is 9.77. The molecule has 2 aromatic carbocycles. The van der Waals surface area contributed by atoms with Gasteiger partial charge in [0.05, 0.1) is 36.5 Å². The van der Waals surface area contributed by atoms with Crippen molar-refractivity contribution in [3.8, 4) is 0 Å². The molecule has 3 heterocycles. The fourth-order valence-electron chi connectivity index (χ4n) is 6.99. The van der Waals surface area contributed by atoms with Crippen LogP contribution in [-0.4, -0.2) is 96.1 Å². The summed E-state index contributed by atoms with van der Waals surface area (Å²) in [7, 11) is 2.30. The number of carbonyl (C=O) groups is 2. The molecule has 3 saturated heterocycles. The average molecular weight is 760 g/mol. The van der Waals surface area contributed by atoms with Gasteiger partial charge in [0.15, 0.2) is 0 Å². The zero-order valence-electron chi connectivity index (χ0n) is 31.7. The molecule has 0 unspecified atom stereocenters. The Bertz CT molecular complexity index is 1470. The lowest BCUT2D eigenvalue weighted by Gasteiger charge is -2.37. The van der Waals surface area contributed by atoms with E-state index in [0.29, 0.717) is 23.2 Å². The first-order chi connectivity index (χ1) is 23.7. The topological polar surface area (TPSA) is 96.0 Å². The monoisotopic (exact) mass is 758 g/mol. The van der Waals surface area contributed by atoms with E-state index in [1.165, 1.54) is 14.2 Å². The number of halogens is 1. The number of ether oxygens (including phenoxy) is 4. The third-order valence-corrected chi connectivity index (χ3v) is 11.1. The van der Waals surface area contributed by atoms with Crippen molar-refractivity contribution < 1.29 is 37.8 Å². The highest BCUT2D eigenvalue weighted by molar-refractivity contribution is 9.10. The van der Waals surface area contributed by atoms with Crippen LogP contribution in [0.5, 0.6) is 0 Å². The molecule has 12 heteroatoms. The molecule has 5 rings (SSSR count). The molecule has 0 atom stereocenters. The molecule has 3 aliphatic rings. The summed E-state index contributed by atoms with van der Waals surface area (Å²) in [5.41, 5.74) is 5.15. The van der Waals surface area contributed by atoms with Crippen molar-refractivity contribution in [1.82, 2.24) is 0 Å². The summed E-state index contributed by atoms with van der Waals surface area (Å²) < 4.78 is 34.4. The molecule has 3 fully saturated rings. The summed E-state index contributed by atoms with van der Waals surface area (Å²) in [6.45, 7) is 21.3. The number of hydrogen-bond donors (Lipinski definition) is 0. The van der Waals surface area contributed by atoms with Crippen LogP contribution in [0.4, 0.5) is 11.4 Å². The van der Waals surface area contributed by atoms with Gasteiger partial charge in [-0.3, -0.25) is 0 Å². The number of hydrogen-bond acceptors (Lipinski definition) is 10. The number of methoxy groups -OCH3 is 2. The van der Waals surface area contributed by atoms with Crippen molar-refractivity contribution in [2.75, 3.05) is 63.5 Å². The van der Waals surface area contributed by atoms with Crippen molar-refractivity contribution in [2.24, 2.45) is 0 Å². The van der Waals surface area contributed by atoms with Crippen LogP contribution in [0.15, 0.2) is 28.7 Å². The zero-order chi connectivity index (χ0) is 36.8. The standard InChI is InChI=1S/C22H34BNO5.C16H22BrNO3/c1-8-24(17-9-11-27-12-10-17)19-14-16(13-18(15(19)2)20(25)26-7)23-28-21(3,4)22(5,6)29-23;1-4-18(13-5-7-21-8-6-13)15-10-12(17)9-14(11(15)2)16(19)20-3/h13-14,17H,8-12H2,1-7H3;9-10,13H,4-8H2,1-3H3. The predicted octanol–water partition coefficient (Wildman–Crippen LogP) is 6.64. The highest BCUT2D eigenvalue weighted by Gasteiger charge is 2.52. The van der Waals surface area contributed by atoms with Gasteiger partial charge in [0, 0.05) is 67.4 Å². The summed E-state index contributed by atoms with van der Waals surface area (Å²) in [5, 5.41) is 0. The Morgan fingerprint density at radius 3 is 1.54 bits per heavy atom. The summed E-state index contributed by atoms with van der Waals surface area (Å²) in [4.78, 5) is 29.2. The van der Waals surface area contributed by atoms with Crippen molar-refractivity contribution in [3.05, 3.63) is 51.0 Å². The summed E-state index contributed by atoms with van der Waals surface area (Å²) >= 11 is 3.51. The van der Waals surface area contributed by atoms with Gasteiger partial charge in [0.2, 0.25) is 0 Å².